The third-order valence-corrected chi connectivity index (χ3v) is 5.80. The average Bonchev–Trinajstić information content (AvgIpc) is 3.02. The number of benzene rings is 2. The first-order valence-corrected chi connectivity index (χ1v) is 11.6. The van der Waals surface area contributed by atoms with Crippen LogP contribution in [0.15, 0.2) is 48.5 Å². The van der Waals surface area contributed by atoms with E-state index < -0.39 is 0 Å². The number of nitrogens with one attached hydrogen (secondary N) is 1. The maximum Gasteiger partial charge on any atom is 0.205 e. The van der Waals surface area contributed by atoms with Crippen LogP contribution in [0.2, 0.25) is 0 Å². The van der Waals surface area contributed by atoms with Gasteiger partial charge in [0.25, 0.3) is 0 Å². The zero-order chi connectivity index (χ0) is 21.2. The van der Waals surface area contributed by atoms with E-state index in [-0.39, 0.29) is 0 Å². The van der Waals surface area contributed by atoms with Crippen LogP contribution >= 0.6 is 0 Å². The van der Waals surface area contributed by atoms with E-state index in [0.717, 1.165) is 24.1 Å². The molecule has 0 atom stereocenters. The number of hydrogen-bond acceptors (Lipinski definition) is 2. The van der Waals surface area contributed by atoms with Gasteiger partial charge in [-0.05, 0) is 31.0 Å². The SMILES string of the molecule is CCCCCCCCCCOCn1c(=N)n(Cc2ccc(C)cc2)c2ccccc21. The Balaban J connectivity index is 1.55. The number of unbranched alkanes of at least 4 members (excludes halogenated alkanes) is 7. The van der Waals surface area contributed by atoms with E-state index >= 15 is 0 Å². The van der Waals surface area contributed by atoms with Gasteiger partial charge in [0.2, 0.25) is 5.62 Å². The van der Waals surface area contributed by atoms with Gasteiger partial charge in [-0.3, -0.25) is 9.98 Å². The molecule has 0 spiro atoms. The summed E-state index contributed by atoms with van der Waals surface area (Å²) in [5.41, 5.74) is 5.10. The molecule has 0 aliphatic carbocycles. The van der Waals surface area contributed by atoms with E-state index in [1.54, 1.807) is 0 Å². The second kappa shape index (κ2) is 11.8. The van der Waals surface area contributed by atoms with Crippen LogP contribution in [0.4, 0.5) is 0 Å². The summed E-state index contributed by atoms with van der Waals surface area (Å²) in [6.07, 6.45) is 10.4. The highest BCUT2D eigenvalue weighted by atomic mass is 16.5. The van der Waals surface area contributed by atoms with Crippen LogP contribution in [0.25, 0.3) is 11.0 Å². The third kappa shape index (κ3) is 6.09. The first-order chi connectivity index (χ1) is 14.7. The topological polar surface area (TPSA) is 42.9 Å². The minimum Gasteiger partial charge on any atom is -0.361 e. The van der Waals surface area contributed by atoms with Gasteiger partial charge >= 0.3 is 0 Å². The summed E-state index contributed by atoms with van der Waals surface area (Å²) in [5.74, 6) is 0. The Morgan fingerprint density at radius 2 is 1.37 bits per heavy atom. The predicted molar refractivity (Wildman–Crippen MR) is 125 cm³/mol. The molecular formula is C26H37N3O. The van der Waals surface area contributed by atoms with Crippen molar-refractivity contribution >= 4 is 11.0 Å². The Bertz CT molecular complexity index is 953. The number of imidazole rings is 1. The molecule has 0 saturated carbocycles. The first-order valence-electron chi connectivity index (χ1n) is 11.6. The molecule has 1 aromatic heterocycles. The maximum absolute atomic E-state index is 8.74. The molecule has 3 rings (SSSR count). The number of aryl methyl sites for hydroxylation is 1. The van der Waals surface area contributed by atoms with Crippen molar-refractivity contribution in [1.29, 1.82) is 5.41 Å². The lowest BCUT2D eigenvalue weighted by molar-refractivity contribution is 0.0730. The Morgan fingerprint density at radius 1 is 0.767 bits per heavy atom. The number of rotatable bonds is 13. The molecule has 0 saturated heterocycles. The van der Waals surface area contributed by atoms with Crippen molar-refractivity contribution in [2.45, 2.75) is 78.5 Å². The molecule has 162 valence electrons. The summed E-state index contributed by atoms with van der Waals surface area (Å²) in [5, 5.41) is 8.74. The zero-order valence-corrected chi connectivity index (χ0v) is 18.7. The Labute approximate surface area is 181 Å². The van der Waals surface area contributed by atoms with E-state index in [1.807, 2.05) is 16.7 Å². The van der Waals surface area contributed by atoms with Crippen molar-refractivity contribution in [3.8, 4) is 0 Å². The van der Waals surface area contributed by atoms with Gasteiger partial charge in [-0.15, -0.1) is 0 Å². The van der Waals surface area contributed by atoms with Crippen molar-refractivity contribution in [1.82, 2.24) is 9.13 Å². The van der Waals surface area contributed by atoms with Crippen LogP contribution in [-0.4, -0.2) is 15.7 Å². The van der Waals surface area contributed by atoms with Gasteiger partial charge in [-0.25, -0.2) is 0 Å². The van der Waals surface area contributed by atoms with Crippen LogP contribution < -0.4 is 5.62 Å². The summed E-state index contributed by atoms with van der Waals surface area (Å²) >= 11 is 0. The molecule has 0 unspecified atom stereocenters. The van der Waals surface area contributed by atoms with Crippen molar-refractivity contribution in [2.24, 2.45) is 0 Å². The number of hydrogen-bond donors (Lipinski definition) is 1. The predicted octanol–water partition coefficient (Wildman–Crippen LogP) is 6.39. The zero-order valence-electron chi connectivity index (χ0n) is 18.7. The first kappa shape index (κ1) is 22.4. The molecule has 1 N–H and O–H groups in total. The molecule has 0 radical (unpaired) electrons. The normalized spacial score (nSPS) is 11.4. The van der Waals surface area contributed by atoms with Gasteiger partial charge in [-0.2, -0.15) is 0 Å². The second-order valence-corrected chi connectivity index (χ2v) is 8.32. The highest BCUT2D eigenvalue weighted by molar-refractivity contribution is 5.75. The number of aromatic nitrogens is 2. The number of para-hydroxylation sites is 2. The quantitative estimate of drug-likeness (QED) is 0.328. The smallest absolute Gasteiger partial charge is 0.205 e. The Kier molecular flexibility index (Phi) is 8.76. The molecule has 30 heavy (non-hydrogen) atoms. The Hall–Kier alpha value is -2.33. The monoisotopic (exact) mass is 407 g/mol. The van der Waals surface area contributed by atoms with Gasteiger partial charge in [0.15, 0.2) is 0 Å². The van der Waals surface area contributed by atoms with Crippen LogP contribution in [-0.2, 0) is 18.0 Å². The van der Waals surface area contributed by atoms with E-state index in [2.05, 4.69) is 54.8 Å². The largest absolute Gasteiger partial charge is 0.361 e. The molecule has 0 bridgehead atoms. The third-order valence-electron chi connectivity index (χ3n) is 5.80. The van der Waals surface area contributed by atoms with Gasteiger partial charge < -0.3 is 9.30 Å². The van der Waals surface area contributed by atoms with Gasteiger partial charge in [-0.1, -0.05) is 93.8 Å². The fourth-order valence-corrected chi connectivity index (χ4v) is 3.96. The molecular weight excluding hydrogens is 370 g/mol. The molecule has 3 aromatic rings. The van der Waals surface area contributed by atoms with Crippen molar-refractivity contribution in [2.75, 3.05) is 6.61 Å². The number of ether oxygens (including phenoxy) is 1. The van der Waals surface area contributed by atoms with Crippen LogP contribution in [0.3, 0.4) is 0 Å². The number of nitrogens with zero attached hydrogens (tertiary/aromatic N) is 2. The fraction of sp³-hybridized carbons (Fsp3) is 0.500. The van der Waals surface area contributed by atoms with Crippen LogP contribution in [0.1, 0.15) is 69.4 Å². The highest BCUT2D eigenvalue weighted by Gasteiger charge is 2.11. The summed E-state index contributed by atoms with van der Waals surface area (Å²) in [7, 11) is 0. The standard InChI is InChI=1S/C26H37N3O/c1-3-4-5-6-7-8-9-12-19-30-21-29-25-14-11-10-13-24(25)28(26(29)27)20-23-17-15-22(2)16-18-23/h10-11,13-18,27H,3-9,12,19-21H2,1-2H3. The molecule has 0 fully saturated rings. The fourth-order valence-electron chi connectivity index (χ4n) is 3.96. The van der Waals surface area contributed by atoms with Crippen molar-refractivity contribution < 1.29 is 4.74 Å². The lowest BCUT2D eigenvalue weighted by Crippen LogP contribution is -2.26. The average molecular weight is 408 g/mol. The molecule has 0 amide bonds. The maximum atomic E-state index is 8.74. The second-order valence-electron chi connectivity index (χ2n) is 8.32. The van der Waals surface area contributed by atoms with Crippen LogP contribution in [0, 0.1) is 12.3 Å². The number of fused-ring (bicyclic) bond motifs is 1. The van der Waals surface area contributed by atoms with Crippen LogP contribution in [0.5, 0.6) is 0 Å². The highest BCUT2D eigenvalue weighted by Crippen LogP contribution is 2.15. The van der Waals surface area contributed by atoms with E-state index in [0.29, 0.717) is 18.9 Å². The van der Waals surface area contributed by atoms with E-state index in [9.17, 15) is 0 Å². The molecule has 2 aromatic carbocycles. The lowest BCUT2D eigenvalue weighted by atomic mass is 10.1. The molecule has 0 aliphatic rings. The minimum absolute atomic E-state index is 0.441. The van der Waals surface area contributed by atoms with E-state index in [4.69, 9.17) is 10.1 Å². The van der Waals surface area contributed by atoms with Crippen molar-refractivity contribution in [3.05, 3.63) is 65.3 Å². The molecule has 0 aliphatic heterocycles. The summed E-state index contributed by atoms with van der Waals surface area (Å²) < 4.78 is 10.0. The molecule has 1 heterocycles. The molecule has 4 nitrogen and oxygen atoms in total. The van der Waals surface area contributed by atoms with Gasteiger partial charge in [0, 0.05) is 6.61 Å². The Morgan fingerprint density at radius 3 is 2.03 bits per heavy atom. The van der Waals surface area contributed by atoms with Gasteiger partial charge in [0.1, 0.15) is 6.73 Å². The minimum atomic E-state index is 0.441. The summed E-state index contributed by atoms with van der Waals surface area (Å²) in [6, 6.07) is 16.8. The lowest BCUT2D eigenvalue weighted by Gasteiger charge is -2.07. The van der Waals surface area contributed by atoms with Gasteiger partial charge in [0.05, 0.1) is 17.6 Å². The van der Waals surface area contributed by atoms with E-state index in [1.165, 1.54) is 56.1 Å². The van der Waals surface area contributed by atoms with Crippen molar-refractivity contribution in [3.63, 3.8) is 0 Å². The molecule has 4 heteroatoms. The summed E-state index contributed by atoms with van der Waals surface area (Å²) in [6.45, 7) is 6.26. The summed E-state index contributed by atoms with van der Waals surface area (Å²) in [4.78, 5) is 0.